The summed E-state index contributed by atoms with van der Waals surface area (Å²) in [4.78, 5) is 4.97. The molecule has 2 nitrogen and oxygen atoms in total. The van der Waals surface area contributed by atoms with Gasteiger partial charge in [0.15, 0.2) is 0 Å². The molecule has 1 heterocycles. The molecule has 0 radical (unpaired) electrons. The van der Waals surface area contributed by atoms with Crippen molar-refractivity contribution in [2.45, 2.75) is 52.9 Å². The highest BCUT2D eigenvalue weighted by molar-refractivity contribution is 5.91. The molecule has 0 saturated carbocycles. The summed E-state index contributed by atoms with van der Waals surface area (Å²) in [6.07, 6.45) is 28.8. The maximum atomic E-state index is 4.97. The van der Waals surface area contributed by atoms with Gasteiger partial charge < -0.3 is 0 Å². The lowest BCUT2D eigenvalue weighted by molar-refractivity contribution is 0.597. The third-order valence-electron chi connectivity index (χ3n) is 10.1. The normalized spacial score (nSPS) is 23.8. The van der Waals surface area contributed by atoms with Gasteiger partial charge >= 0.3 is 0 Å². The van der Waals surface area contributed by atoms with Gasteiger partial charge in [0.05, 0.1) is 11.4 Å². The number of benzene rings is 2. The van der Waals surface area contributed by atoms with Gasteiger partial charge in [-0.3, -0.25) is 4.57 Å². The molecule has 2 heteroatoms. The highest BCUT2D eigenvalue weighted by Crippen LogP contribution is 2.44. The van der Waals surface area contributed by atoms with E-state index in [0.29, 0.717) is 17.8 Å². The maximum Gasteiger partial charge on any atom is 0.110 e. The summed E-state index contributed by atoms with van der Waals surface area (Å²) >= 11 is 0. The molecule has 0 N–H and O–H groups in total. The van der Waals surface area contributed by atoms with Crippen LogP contribution < -0.4 is 10.4 Å². The van der Waals surface area contributed by atoms with Crippen molar-refractivity contribution in [3.63, 3.8) is 0 Å². The molecule has 3 unspecified atom stereocenters. The maximum absolute atomic E-state index is 4.97. The molecule has 0 saturated heterocycles. The smallest absolute Gasteiger partial charge is 0.110 e. The van der Waals surface area contributed by atoms with Gasteiger partial charge in [0, 0.05) is 11.6 Å². The fraction of sp³-hybridized carbons (Fsp3) is 0.262. The van der Waals surface area contributed by atoms with Crippen molar-refractivity contribution in [2.24, 2.45) is 17.8 Å². The van der Waals surface area contributed by atoms with E-state index in [4.69, 9.17) is 4.98 Å². The summed E-state index contributed by atoms with van der Waals surface area (Å²) in [5.74, 6) is 2.44. The first kappa shape index (κ1) is 27.1. The van der Waals surface area contributed by atoms with Gasteiger partial charge in [-0.25, -0.2) is 4.98 Å². The highest BCUT2D eigenvalue weighted by atomic mass is 15.1. The molecule has 2 aromatic carbocycles. The van der Waals surface area contributed by atoms with E-state index in [9.17, 15) is 0 Å². The van der Waals surface area contributed by atoms with E-state index in [2.05, 4.69) is 135 Å². The molecule has 3 atom stereocenters. The lowest BCUT2D eigenvalue weighted by Crippen LogP contribution is -2.39. The zero-order chi connectivity index (χ0) is 29.8. The van der Waals surface area contributed by atoms with Crippen molar-refractivity contribution in [3.05, 3.63) is 153 Å². The second-order valence-corrected chi connectivity index (χ2v) is 13.1. The van der Waals surface area contributed by atoms with Crippen LogP contribution in [0.4, 0.5) is 0 Å². The highest BCUT2D eigenvalue weighted by Gasteiger charge is 2.33. The van der Waals surface area contributed by atoms with Crippen molar-refractivity contribution in [2.75, 3.05) is 0 Å². The molecule has 8 rings (SSSR count). The number of allylic oxidation sites excluding steroid dienone is 13. The molecule has 0 spiro atoms. The van der Waals surface area contributed by atoms with Crippen molar-refractivity contribution in [1.82, 2.24) is 9.55 Å². The third-order valence-corrected chi connectivity index (χ3v) is 10.1. The largest absolute Gasteiger partial charge is 0.297 e. The average Bonchev–Trinajstić information content (AvgIpc) is 3.39. The Bertz CT molecular complexity index is 2010. The Balaban J connectivity index is 1.23. The molecular formula is C42H40N2. The third kappa shape index (κ3) is 4.51. The van der Waals surface area contributed by atoms with Crippen molar-refractivity contribution in [1.29, 1.82) is 0 Å². The summed E-state index contributed by atoms with van der Waals surface area (Å²) < 4.78 is 2.36. The van der Waals surface area contributed by atoms with Crippen LogP contribution in [0.2, 0.25) is 0 Å². The van der Waals surface area contributed by atoms with Gasteiger partial charge in [-0.05, 0) is 112 Å². The molecule has 5 aliphatic rings. The van der Waals surface area contributed by atoms with Gasteiger partial charge in [-0.1, -0.05) is 111 Å². The summed E-state index contributed by atoms with van der Waals surface area (Å²) in [6, 6.07) is 18.5. The minimum absolute atomic E-state index is 0.334. The fourth-order valence-electron chi connectivity index (χ4n) is 7.93. The number of aryl methyl sites for hydroxylation is 2. The number of rotatable bonds is 4. The zero-order valence-corrected chi connectivity index (χ0v) is 26.1. The van der Waals surface area contributed by atoms with Crippen molar-refractivity contribution in [3.8, 4) is 0 Å². The predicted molar refractivity (Wildman–Crippen MR) is 185 cm³/mol. The van der Waals surface area contributed by atoms with E-state index in [-0.39, 0.29) is 0 Å². The molecule has 5 aliphatic carbocycles. The monoisotopic (exact) mass is 572 g/mol. The molecule has 1 aromatic heterocycles. The minimum Gasteiger partial charge on any atom is -0.297 e. The standard InChI is InChI=1S/C42H40N2/c1-27-16-23-34(24-17-27)44-29(3)43-38-25-22-33(26-39(38)44)30-18-20-32(21-19-30)42-36-14-8-7-13-35(36)41(31-11-5-4-6-12-31)37-15-9-10-28(2)40(37)42/h5,7-16,18-21,23-24,26-28,40H,4,6,17,22,25H2,1-3H3. The first-order chi connectivity index (χ1) is 21.6. The second-order valence-electron chi connectivity index (χ2n) is 13.1. The van der Waals surface area contributed by atoms with Gasteiger partial charge in [0.2, 0.25) is 0 Å². The van der Waals surface area contributed by atoms with Crippen LogP contribution in [0.25, 0.3) is 28.5 Å². The minimum atomic E-state index is 0.334. The molecule has 0 bridgehead atoms. The molecule has 3 aromatic rings. The Morgan fingerprint density at radius 2 is 1.66 bits per heavy atom. The molecule has 218 valence electrons. The Labute approximate surface area is 261 Å². The van der Waals surface area contributed by atoms with Crippen LogP contribution in [0.3, 0.4) is 0 Å². The lowest BCUT2D eigenvalue weighted by Gasteiger charge is -2.35. The van der Waals surface area contributed by atoms with Gasteiger partial charge in [-0.2, -0.15) is 0 Å². The number of hydrogen-bond acceptors (Lipinski definition) is 1. The number of imidazole rings is 1. The zero-order valence-electron chi connectivity index (χ0n) is 26.1. The Kier molecular flexibility index (Phi) is 6.74. The first-order valence-corrected chi connectivity index (χ1v) is 16.4. The van der Waals surface area contributed by atoms with E-state index < -0.39 is 0 Å². The van der Waals surface area contributed by atoms with Crippen LogP contribution in [0.5, 0.6) is 0 Å². The Morgan fingerprint density at radius 3 is 2.43 bits per heavy atom. The molecule has 0 amide bonds. The molecule has 44 heavy (non-hydrogen) atoms. The summed E-state index contributed by atoms with van der Waals surface area (Å²) in [5, 5.41) is 2.74. The topological polar surface area (TPSA) is 17.8 Å². The summed E-state index contributed by atoms with van der Waals surface area (Å²) in [6.45, 7) is 6.80. The van der Waals surface area contributed by atoms with Gasteiger partial charge in [-0.15, -0.1) is 0 Å². The van der Waals surface area contributed by atoms with Crippen molar-refractivity contribution < 1.29 is 0 Å². The van der Waals surface area contributed by atoms with Crippen LogP contribution in [0.15, 0.2) is 114 Å². The summed E-state index contributed by atoms with van der Waals surface area (Å²) in [5.41, 5.74) is 13.5. The molecule has 0 aliphatic heterocycles. The first-order valence-electron chi connectivity index (χ1n) is 16.4. The SMILES string of the molecule is Cc1nc2c(n1C1=CCC(C)C=C1)C=C(c1ccc(C3=c4ccccc4=C(C4=CCCC=C4)C4=CC=CC(C)C43)cc1)CC2. The average molecular weight is 573 g/mol. The summed E-state index contributed by atoms with van der Waals surface area (Å²) in [7, 11) is 0. The van der Waals surface area contributed by atoms with E-state index in [0.717, 1.165) is 37.9 Å². The number of hydrogen-bond donors (Lipinski definition) is 0. The van der Waals surface area contributed by atoms with E-state index in [1.807, 2.05) is 0 Å². The van der Waals surface area contributed by atoms with Crippen molar-refractivity contribution >= 4 is 28.5 Å². The van der Waals surface area contributed by atoms with Crippen LogP contribution in [-0.4, -0.2) is 9.55 Å². The van der Waals surface area contributed by atoms with Crippen LogP contribution >= 0.6 is 0 Å². The quantitative estimate of drug-likeness (QED) is 0.306. The lowest BCUT2D eigenvalue weighted by atomic mass is 9.68. The van der Waals surface area contributed by atoms with E-state index in [1.54, 1.807) is 0 Å². The molecule has 0 fully saturated rings. The van der Waals surface area contributed by atoms with Crippen LogP contribution in [0.1, 0.15) is 67.9 Å². The van der Waals surface area contributed by atoms with Gasteiger partial charge in [0.1, 0.15) is 5.82 Å². The number of nitrogens with zero attached hydrogens (tertiary/aromatic N) is 2. The second kappa shape index (κ2) is 10.9. The van der Waals surface area contributed by atoms with Crippen LogP contribution in [0, 0.1) is 24.7 Å². The fourth-order valence-corrected chi connectivity index (χ4v) is 7.93. The van der Waals surface area contributed by atoms with E-state index in [1.165, 1.54) is 66.5 Å². The number of fused-ring (bicyclic) bond motifs is 3. The van der Waals surface area contributed by atoms with E-state index >= 15 is 0 Å². The predicted octanol–water partition coefficient (Wildman–Crippen LogP) is 8.50. The molecular weight excluding hydrogens is 532 g/mol. The Morgan fingerprint density at radius 1 is 0.841 bits per heavy atom. The Hall–Kier alpha value is -4.43. The van der Waals surface area contributed by atoms with Crippen LogP contribution in [-0.2, 0) is 6.42 Å². The van der Waals surface area contributed by atoms with Gasteiger partial charge in [0.25, 0.3) is 0 Å². The number of aromatic nitrogens is 2.